The average molecular weight is 425 g/mol. The fourth-order valence-electron chi connectivity index (χ4n) is 2.75. The van der Waals surface area contributed by atoms with Crippen molar-refractivity contribution in [3.8, 4) is 0 Å². The summed E-state index contributed by atoms with van der Waals surface area (Å²) in [5.41, 5.74) is 3.10. The Kier molecular flexibility index (Phi) is 7.54. The van der Waals surface area contributed by atoms with Crippen molar-refractivity contribution in [2.75, 3.05) is 25.6 Å². The SMILES string of the molecule is C=C1/C=C\CC(OCC)SC(c2ccc(N=Nc3ccc(N(C)C)cc3)c(F)c2)=N1. The lowest BCUT2D eigenvalue weighted by Gasteiger charge is -2.18. The minimum absolute atomic E-state index is 0.0781. The molecular weight excluding hydrogens is 399 g/mol. The summed E-state index contributed by atoms with van der Waals surface area (Å²) in [6.45, 7) is 6.47. The molecule has 1 unspecified atom stereocenters. The van der Waals surface area contributed by atoms with Crippen LogP contribution < -0.4 is 4.90 Å². The number of azo groups is 1. The Bertz CT molecular complexity index is 983. The van der Waals surface area contributed by atoms with Crippen LogP contribution in [0.1, 0.15) is 18.9 Å². The number of allylic oxidation sites excluding steroid dienone is 1. The number of hydrogen-bond acceptors (Lipinski definition) is 6. The minimum atomic E-state index is -0.458. The third-order valence-electron chi connectivity index (χ3n) is 4.31. The Labute approximate surface area is 181 Å². The standard InChI is InChI=1S/C23H25FN4OS/c1-5-29-22-8-6-7-16(2)25-23(30-22)17-9-14-21(20(24)15-17)27-26-18-10-12-19(13-11-18)28(3)4/h6-7,9-15,22H,2,5,8H2,1,3-4H3/b7-6-,25-23?,27-26?. The highest BCUT2D eigenvalue weighted by Gasteiger charge is 2.17. The molecule has 156 valence electrons. The topological polar surface area (TPSA) is 49.6 Å². The molecule has 0 bridgehead atoms. The summed E-state index contributed by atoms with van der Waals surface area (Å²) in [6.07, 6.45) is 4.58. The highest BCUT2D eigenvalue weighted by molar-refractivity contribution is 8.14. The number of ether oxygens (including phenoxy) is 1. The predicted octanol–water partition coefficient (Wildman–Crippen LogP) is 6.62. The van der Waals surface area contributed by atoms with Crippen LogP contribution in [0.2, 0.25) is 0 Å². The molecule has 7 heteroatoms. The first-order chi connectivity index (χ1) is 14.5. The first-order valence-corrected chi connectivity index (χ1v) is 10.6. The molecule has 30 heavy (non-hydrogen) atoms. The second kappa shape index (κ2) is 10.3. The van der Waals surface area contributed by atoms with Crippen molar-refractivity contribution in [3.63, 3.8) is 0 Å². The Hall–Kier alpha value is -2.77. The van der Waals surface area contributed by atoms with Gasteiger partial charge in [-0.2, -0.15) is 5.11 Å². The molecule has 0 spiro atoms. The van der Waals surface area contributed by atoms with Gasteiger partial charge in [-0.1, -0.05) is 24.4 Å². The van der Waals surface area contributed by atoms with Gasteiger partial charge in [0.2, 0.25) is 0 Å². The summed E-state index contributed by atoms with van der Waals surface area (Å²) >= 11 is 1.47. The van der Waals surface area contributed by atoms with Crippen molar-refractivity contribution in [3.05, 3.63) is 78.3 Å². The van der Waals surface area contributed by atoms with E-state index in [1.54, 1.807) is 12.1 Å². The number of anilines is 1. The monoisotopic (exact) mass is 424 g/mol. The summed E-state index contributed by atoms with van der Waals surface area (Å²) in [4.78, 5) is 6.52. The molecule has 1 atom stereocenters. The Balaban J connectivity index is 1.80. The molecule has 2 aromatic rings. The quantitative estimate of drug-likeness (QED) is 0.489. The number of benzene rings is 2. The summed E-state index contributed by atoms with van der Waals surface area (Å²) in [7, 11) is 3.93. The summed E-state index contributed by atoms with van der Waals surface area (Å²) < 4.78 is 20.5. The first-order valence-electron chi connectivity index (χ1n) is 9.67. The summed E-state index contributed by atoms with van der Waals surface area (Å²) in [6, 6.07) is 12.4. The molecule has 0 aromatic heterocycles. The van der Waals surface area contributed by atoms with Crippen molar-refractivity contribution < 1.29 is 9.13 Å². The number of hydrogen-bond donors (Lipinski definition) is 0. The van der Waals surface area contributed by atoms with Crippen molar-refractivity contribution in [1.29, 1.82) is 0 Å². The lowest BCUT2D eigenvalue weighted by Crippen LogP contribution is -2.13. The van der Waals surface area contributed by atoms with E-state index in [1.807, 2.05) is 62.3 Å². The van der Waals surface area contributed by atoms with Crippen molar-refractivity contribution >= 4 is 33.9 Å². The molecule has 1 aliphatic rings. The Morgan fingerprint density at radius 3 is 2.63 bits per heavy atom. The van der Waals surface area contributed by atoms with E-state index in [2.05, 4.69) is 21.8 Å². The van der Waals surface area contributed by atoms with Crippen LogP contribution in [-0.4, -0.2) is 31.2 Å². The van der Waals surface area contributed by atoms with E-state index < -0.39 is 5.82 Å². The van der Waals surface area contributed by atoms with E-state index in [1.165, 1.54) is 17.8 Å². The van der Waals surface area contributed by atoms with E-state index in [9.17, 15) is 4.39 Å². The van der Waals surface area contributed by atoms with Crippen LogP contribution in [0.3, 0.4) is 0 Å². The summed E-state index contributed by atoms with van der Waals surface area (Å²) in [5, 5.41) is 8.88. The first kappa shape index (κ1) is 21.9. The summed E-state index contributed by atoms with van der Waals surface area (Å²) in [5.74, 6) is -0.458. The number of halogens is 1. The molecule has 0 N–H and O–H groups in total. The van der Waals surface area contributed by atoms with Gasteiger partial charge in [-0.15, -0.1) is 5.11 Å². The Morgan fingerprint density at radius 1 is 1.20 bits per heavy atom. The lowest BCUT2D eigenvalue weighted by atomic mass is 10.2. The number of aliphatic imine (C=N–C) groups is 1. The van der Waals surface area contributed by atoms with Crippen LogP contribution in [0.5, 0.6) is 0 Å². The smallest absolute Gasteiger partial charge is 0.151 e. The lowest BCUT2D eigenvalue weighted by molar-refractivity contribution is 0.128. The third-order valence-corrected chi connectivity index (χ3v) is 5.46. The number of rotatable bonds is 6. The second-order valence-corrected chi connectivity index (χ2v) is 7.97. The molecule has 0 fully saturated rings. The molecule has 1 aliphatic heterocycles. The maximum atomic E-state index is 14.7. The van der Waals surface area contributed by atoms with E-state index >= 15 is 0 Å². The van der Waals surface area contributed by atoms with Crippen molar-refractivity contribution in [1.82, 2.24) is 0 Å². The molecular formula is C23H25FN4OS. The Morgan fingerprint density at radius 2 is 1.97 bits per heavy atom. The van der Waals surface area contributed by atoms with E-state index in [-0.39, 0.29) is 11.1 Å². The van der Waals surface area contributed by atoms with Gasteiger partial charge in [-0.05, 0) is 55.5 Å². The second-order valence-electron chi connectivity index (χ2n) is 6.83. The molecule has 3 rings (SSSR count). The van der Waals surface area contributed by atoms with E-state index in [4.69, 9.17) is 4.74 Å². The van der Waals surface area contributed by atoms with Crippen LogP contribution >= 0.6 is 11.8 Å². The number of thioether (sulfide) groups is 1. The van der Waals surface area contributed by atoms with Gasteiger partial charge in [-0.3, -0.25) is 0 Å². The van der Waals surface area contributed by atoms with Gasteiger partial charge in [0.15, 0.2) is 5.82 Å². The maximum absolute atomic E-state index is 14.7. The van der Waals surface area contributed by atoms with Crippen LogP contribution in [0, 0.1) is 5.82 Å². The van der Waals surface area contributed by atoms with Gasteiger partial charge >= 0.3 is 0 Å². The molecule has 0 saturated heterocycles. The molecule has 1 heterocycles. The zero-order valence-electron chi connectivity index (χ0n) is 17.4. The van der Waals surface area contributed by atoms with Crippen LogP contribution in [0.4, 0.5) is 21.5 Å². The van der Waals surface area contributed by atoms with E-state index in [0.29, 0.717) is 28.6 Å². The average Bonchev–Trinajstić information content (AvgIpc) is 2.71. The zero-order valence-corrected chi connectivity index (χ0v) is 18.2. The van der Waals surface area contributed by atoms with Gasteiger partial charge in [-0.25, -0.2) is 9.38 Å². The molecule has 0 aliphatic carbocycles. The molecule has 0 saturated carbocycles. The van der Waals surface area contributed by atoms with Gasteiger partial charge in [0.05, 0.1) is 11.4 Å². The third kappa shape index (κ3) is 5.87. The van der Waals surface area contributed by atoms with E-state index in [0.717, 1.165) is 12.1 Å². The van der Waals surface area contributed by atoms with Gasteiger partial charge in [0.25, 0.3) is 0 Å². The molecule has 0 amide bonds. The fourth-order valence-corrected chi connectivity index (χ4v) is 3.85. The molecule has 5 nitrogen and oxygen atoms in total. The minimum Gasteiger partial charge on any atom is -0.378 e. The van der Waals surface area contributed by atoms with Crippen molar-refractivity contribution in [2.24, 2.45) is 15.2 Å². The normalized spacial score (nSPS) is 18.1. The van der Waals surface area contributed by atoms with Crippen LogP contribution in [-0.2, 0) is 4.74 Å². The van der Waals surface area contributed by atoms with Crippen LogP contribution in [0.25, 0.3) is 0 Å². The maximum Gasteiger partial charge on any atom is 0.151 e. The van der Waals surface area contributed by atoms with Gasteiger partial charge in [0.1, 0.15) is 16.2 Å². The predicted molar refractivity (Wildman–Crippen MR) is 124 cm³/mol. The molecule has 0 radical (unpaired) electrons. The fraction of sp³-hybridized carbons (Fsp3) is 0.261. The molecule has 2 aromatic carbocycles. The van der Waals surface area contributed by atoms with Crippen LogP contribution in [0.15, 0.2) is 82.1 Å². The highest BCUT2D eigenvalue weighted by Crippen LogP contribution is 2.29. The largest absolute Gasteiger partial charge is 0.378 e. The van der Waals surface area contributed by atoms with Gasteiger partial charge < -0.3 is 9.64 Å². The highest BCUT2D eigenvalue weighted by atomic mass is 32.2. The number of nitrogens with zero attached hydrogens (tertiary/aromatic N) is 4. The van der Waals surface area contributed by atoms with Crippen molar-refractivity contribution in [2.45, 2.75) is 18.8 Å². The zero-order chi connectivity index (χ0) is 21.5. The van der Waals surface area contributed by atoms with Gasteiger partial charge in [0, 0.05) is 38.4 Å².